The highest BCUT2D eigenvalue weighted by Crippen LogP contribution is 2.17. The standard InChI is InChI=1S/C20H31N3O4S/c1-3-14(2)18(20(26)27)22-17(24)13-23-10-7-15(8-11-23)19(25)21-9-6-16-5-4-12-28-16/h4-5,12,14-15,18H,3,6-11,13H2,1-2H3,(H,21,25)(H,22,24)(H,26,27)/t14-,18-/m0/s1. The fourth-order valence-corrected chi connectivity index (χ4v) is 4.08. The average molecular weight is 410 g/mol. The van der Waals surface area contributed by atoms with Crippen molar-refractivity contribution in [3.8, 4) is 0 Å². The molecule has 7 nitrogen and oxygen atoms in total. The number of nitrogens with zero attached hydrogens (tertiary/aromatic N) is 1. The van der Waals surface area contributed by atoms with Gasteiger partial charge in [0.25, 0.3) is 0 Å². The molecule has 0 unspecified atom stereocenters. The molecule has 1 aromatic heterocycles. The van der Waals surface area contributed by atoms with Crippen LogP contribution in [0.5, 0.6) is 0 Å². The van der Waals surface area contributed by atoms with Crippen molar-refractivity contribution in [2.45, 2.75) is 45.6 Å². The van der Waals surface area contributed by atoms with Crippen LogP contribution in [-0.2, 0) is 20.8 Å². The van der Waals surface area contributed by atoms with Gasteiger partial charge in [0.15, 0.2) is 0 Å². The Morgan fingerprint density at radius 3 is 2.61 bits per heavy atom. The molecule has 2 amide bonds. The molecule has 156 valence electrons. The van der Waals surface area contributed by atoms with Gasteiger partial charge in [-0.3, -0.25) is 14.5 Å². The van der Waals surface area contributed by atoms with Crippen molar-refractivity contribution in [3.05, 3.63) is 22.4 Å². The molecule has 1 saturated heterocycles. The summed E-state index contributed by atoms with van der Waals surface area (Å²) in [6.45, 7) is 5.88. The number of thiophene rings is 1. The number of likely N-dealkylation sites (tertiary alicyclic amines) is 1. The second-order valence-electron chi connectivity index (χ2n) is 7.44. The molecule has 0 aromatic carbocycles. The predicted molar refractivity (Wildman–Crippen MR) is 109 cm³/mol. The number of carbonyl (C=O) groups excluding carboxylic acids is 2. The van der Waals surface area contributed by atoms with E-state index in [-0.39, 0.29) is 30.2 Å². The first-order chi connectivity index (χ1) is 13.4. The molecule has 0 spiro atoms. The van der Waals surface area contributed by atoms with E-state index in [1.807, 2.05) is 30.2 Å². The van der Waals surface area contributed by atoms with Gasteiger partial charge >= 0.3 is 5.97 Å². The fraction of sp³-hybridized carbons (Fsp3) is 0.650. The smallest absolute Gasteiger partial charge is 0.326 e. The van der Waals surface area contributed by atoms with Crippen molar-refractivity contribution in [2.24, 2.45) is 11.8 Å². The maximum atomic E-state index is 12.3. The van der Waals surface area contributed by atoms with E-state index in [4.69, 9.17) is 0 Å². The Hall–Kier alpha value is -1.93. The number of carboxylic acids is 1. The number of aliphatic carboxylic acids is 1. The molecule has 2 rings (SSSR count). The maximum absolute atomic E-state index is 12.3. The van der Waals surface area contributed by atoms with E-state index in [1.165, 1.54) is 4.88 Å². The number of amides is 2. The van der Waals surface area contributed by atoms with E-state index in [1.54, 1.807) is 11.3 Å². The lowest BCUT2D eigenvalue weighted by Gasteiger charge is -2.31. The van der Waals surface area contributed by atoms with Gasteiger partial charge in [0.05, 0.1) is 6.54 Å². The molecular weight excluding hydrogens is 378 g/mol. The lowest BCUT2D eigenvalue weighted by atomic mass is 9.95. The van der Waals surface area contributed by atoms with Crippen molar-refractivity contribution in [3.63, 3.8) is 0 Å². The van der Waals surface area contributed by atoms with Gasteiger partial charge in [0.1, 0.15) is 6.04 Å². The Bertz CT molecular complexity index is 642. The van der Waals surface area contributed by atoms with E-state index in [9.17, 15) is 19.5 Å². The van der Waals surface area contributed by atoms with E-state index in [0.717, 1.165) is 6.42 Å². The number of hydrogen-bond acceptors (Lipinski definition) is 5. The van der Waals surface area contributed by atoms with Crippen LogP contribution in [0.2, 0.25) is 0 Å². The first kappa shape index (κ1) is 22.4. The largest absolute Gasteiger partial charge is 0.480 e. The quantitative estimate of drug-likeness (QED) is 0.547. The van der Waals surface area contributed by atoms with Crippen LogP contribution in [0.1, 0.15) is 38.0 Å². The van der Waals surface area contributed by atoms with Crippen LogP contribution in [0.4, 0.5) is 0 Å². The Kier molecular flexibility index (Phi) is 8.92. The minimum atomic E-state index is -0.999. The number of nitrogens with one attached hydrogen (secondary N) is 2. The average Bonchev–Trinajstić information content (AvgIpc) is 3.19. The van der Waals surface area contributed by atoms with Crippen molar-refractivity contribution >= 4 is 29.1 Å². The number of hydrogen-bond donors (Lipinski definition) is 3. The number of piperidine rings is 1. The molecule has 1 aromatic rings. The molecule has 8 heteroatoms. The first-order valence-corrected chi connectivity index (χ1v) is 10.8. The Morgan fingerprint density at radius 2 is 2.04 bits per heavy atom. The van der Waals surface area contributed by atoms with Crippen LogP contribution in [0, 0.1) is 11.8 Å². The highest BCUT2D eigenvalue weighted by atomic mass is 32.1. The second-order valence-corrected chi connectivity index (χ2v) is 8.47. The molecule has 1 fully saturated rings. The van der Waals surface area contributed by atoms with E-state index >= 15 is 0 Å². The third-order valence-electron chi connectivity index (χ3n) is 5.37. The minimum absolute atomic E-state index is 0.0190. The van der Waals surface area contributed by atoms with Crippen LogP contribution in [-0.4, -0.2) is 60.0 Å². The van der Waals surface area contributed by atoms with Crippen molar-refractivity contribution < 1.29 is 19.5 Å². The monoisotopic (exact) mass is 409 g/mol. The van der Waals surface area contributed by atoms with Gasteiger partial charge in [-0.15, -0.1) is 11.3 Å². The zero-order valence-electron chi connectivity index (χ0n) is 16.6. The van der Waals surface area contributed by atoms with Crippen LogP contribution in [0.3, 0.4) is 0 Å². The summed E-state index contributed by atoms with van der Waals surface area (Å²) < 4.78 is 0. The van der Waals surface area contributed by atoms with E-state index < -0.39 is 12.0 Å². The molecule has 0 bridgehead atoms. The van der Waals surface area contributed by atoms with Gasteiger partial charge in [-0.2, -0.15) is 0 Å². The van der Waals surface area contributed by atoms with Crippen LogP contribution >= 0.6 is 11.3 Å². The van der Waals surface area contributed by atoms with Crippen molar-refractivity contribution in [1.82, 2.24) is 15.5 Å². The zero-order valence-corrected chi connectivity index (χ0v) is 17.5. The number of rotatable bonds is 10. The summed E-state index contributed by atoms with van der Waals surface area (Å²) in [4.78, 5) is 39.1. The molecule has 2 atom stereocenters. The second kappa shape index (κ2) is 11.2. The van der Waals surface area contributed by atoms with Crippen LogP contribution < -0.4 is 10.6 Å². The molecule has 0 radical (unpaired) electrons. The normalized spacial score (nSPS) is 17.6. The van der Waals surface area contributed by atoms with Gasteiger partial charge in [0.2, 0.25) is 11.8 Å². The van der Waals surface area contributed by atoms with Crippen molar-refractivity contribution in [1.29, 1.82) is 0 Å². The topological polar surface area (TPSA) is 98.7 Å². The molecular formula is C20H31N3O4S. The van der Waals surface area contributed by atoms with Crippen LogP contribution in [0.25, 0.3) is 0 Å². The van der Waals surface area contributed by atoms with E-state index in [0.29, 0.717) is 38.9 Å². The molecule has 28 heavy (non-hydrogen) atoms. The molecule has 0 aliphatic carbocycles. The van der Waals surface area contributed by atoms with Gasteiger partial charge in [-0.1, -0.05) is 26.3 Å². The molecule has 0 saturated carbocycles. The Morgan fingerprint density at radius 1 is 1.32 bits per heavy atom. The summed E-state index contributed by atoms with van der Waals surface area (Å²) in [6.07, 6.45) is 2.96. The van der Waals surface area contributed by atoms with Gasteiger partial charge < -0.3 is 15.7 Å². The Labute approximate surface area is 170 Å². The highest BCUT2D eigenvalue weighted by molar-refractivity contribution is 7.09. The minimum Gasteiger partial charge on any atom is -0.480 e. The molecule has 2 heterocycles. The highest BCUT2D eigenvalue weighted by Gasteiger charge is 2.28. The number of carbonyl (C=O) groups is 3. The summed E-state index contributed by atoms with van der Waals surface area (Å²) in [5.74, 6) is -1.32. The van der Waals surface area contributed by atoms with Crippen LogP contribution in [0.15, 0.2) is 17.5 Å². The Balaban J connectivity index is 1.68. The van der Waals surface area contributed by atoms with E-state index in [2.05, 4.69) is 16.7 Å². The molecule has 1 aliphatic heterocycles. The SMILES string of the molecule is CC[C@H](C)[C@H](NC(=O)CN1CCC(C(=O)NCCc2cccs2)CC1)C(=O)O. The zero-order chi connectivity index (χ0) is 20.5. The van der Waals surface area contributed by atoms with Crippen molar-refractivity contribution in [2.75, 3.05) is 26.2 Å². The fourth-order valence-electron chi connectivity index (χ4n) is 3.37. The summed E-state index contributed by atoms with van der Waals surface area (Å²) in [5.41, 5.74) is 0. The lowest BCUT2D eigenvalue weighted by Crippen LogP contribution is -2.50. The maximum Gasteiger partial charge on any atom is 0.326 e. The van der Waals surface area contributed by atoms with Gasteiger partial charge in [-0.05, 0) is 49.7 Å². The lowest BCUT2D eigenvalue weighted by molar-refractivity contribution is -0.143. The summed E-state index contributed by atoms with van der Waals surface area (Å²) >= 11 is 1.69. The molecule has 1 aliphatic rings. The number of carboxylic acid groups (broad SMARTS) is 1. The summed E-state index contributed by atoms with van der Waals surface area (Å²) in [7, 11) is 0. The summed E-state index contributed by atoms with van der Waals surface area (Å²) in [6, 6.07) is 3.22. The van der Waals surface area contributed by atoms with Gasteiger partial charge in [0, 0.05) is 17.3 Å². The molecule has 3 N–H and O–H groups in total. The third kappa shape index (κ3) is 6.91. The third-order valence-corrected chi connectivity index (χ3v) is 6.31. The first-order valence-electron chi connectivity index (χ1n) is 9.95. The summed E-state index contributed by atoms with van der Waals surface area (Å²) in [5, 5.41) is 17.0. The van der Waals surface area contributed by atoms with Gasteiger partial charge in [-0.25, -0.2) is 4.79 Å². The predicted octanol–water partition coefficient (Wildman–Crippen LogP) is 1.73.